The first-order valence-electron chi connectivity index (χ1n) is 5.85. The average molecular weight is 331 g/mol. The summed E-state index contributed by atoms with van der Waals surface area (Å²) in [5, 5.41) is 24.0. The maximum Gasteiger partial charge on any atom is 0.305 e. The van der Waals surface area contributed by atoms with Crippen molar-refractivity contribution in [2.45, 2.75) is 0 Å². The number of nitrogens with zero attached hydrogens (tertiary/aromatic N) is 3. The summed E-state index contributed by atoms with van der Waals surface area (Å²) in [6.45, 7) is 0.623. The Hall–Kier alpha value is -1.81. The number of nitro groups is 1. The molecule has 0 bridgehead atoms. The van der Waals surface area contributed by atoms with Crippen molar-refractivity contribution < 1.29 is 15.5 Å². The number of amides is 1. The molecule has 1 fully saturated rings. The molecular formula is C11H11ClN4O4S. The number of carbonyl (C=O) groups excluding carboxylic acids is 1. The number of rotatable bonds is 4. The molecule has 1 aliphatic rings. The van der Waals surface area contributed by atoms with Crippen LogP contribution in [0.5, 0.6) is 0 Å². The van der Waals surface area contributed by atoms with E-state index in [-0.39, 0.29) is 22.3 Å². The van der Waals surface area contributed by atoms with Crippen LogP contribution in [0.15, 0.2) is 23.2 Å². The normalized spacial score (nSPS) is 16.9. The molecular weight excluding hydrogens is 320 g/mol. The molecule has 0 spiro atoms. The monoisotopic (exact) mass is 330 g/mol. The number of hydrazine groups is 1. The van der Waals surface area contributed by atoms with Crippen molar-refractivity contribution in [1.82, 2.24) is 10.2 Å². The van der Waals surface area contributed by atoms with Gasteiger partial charge < -0.3 is 16.1 Å². The lowest BCUT2D eigenvalue weighted by atomic mass is 10.2. The Balaban J connectivity index is 2.30. The molecule has 1 aromatic carbocycles. The first-order valence-corrected chi connectivity index (χ1v) is 7.05. The maximum absolute atomic E-state index is 11.9. The van der Waals surface area contributed by atoms with Crippen molar-refractivity contribution in [2.24, 2.45) is 0 Å². The predicted molar refractivity (Wildman–Crippen MR) is 78.7 cm³/mol. The highest BCUT2D eigenvalue weighted by Gasteiger charge is 2.28. The number of thioether (sulfide) groups is 1. The van der Waals surface area contributed by atoms with Crippen molar-refractivity contribution in [1.29, 1.82) is 0 Å². The Morgan fingerprint density at radius 3 is 2.81 bits per heavy atom. The Morgan fingerprint density at radius 1 is 1.48 bits per heavy atom. The number of carbonyl (C=O) groups is 1. The van der Waals surface area contributed by atoms with Gasteiger partial charge in [-0.05, 0) is 29.5 Å². The van der Waals surface area contributed by atoms with Crippen molar-refractivity contribution in [2.75, 3.05) is 13.1 Å². The number of hydroxylamine groups is 1. The Kier molecular flexibility index (Phi) is 4.68. The van der Waals surface area contributed by atoms with Gasteiger partial charge >= 0.3 is 5.24 Å². The molecule has 112 valence electrons. The maximum atomic E-state index is 11.9. The minimum absolute atomic E-state index is 0.00923. The molecule has 0 unspecified atom stereocenters. The van der Waals surface area contributed by atoms with Gasteiger partial charge in [-0.3, -0.25) is 14.9 Å². The molecule has 0 aromatic heterocycles. The average Bonchev–Trinajstić information content (AvgIpc) is 2.69. The molecule has 1 heterocycles. The molecule has 0 aliphatic carbocycles. The zero-order valence-corrected chi connectivity index (χ0v) is 12.3. The van der Waals surface area contributed by atoms with E-state index in [1.807, 2.05) is 0 Å². The summed E-state index contributed by atoms with van der Waals surface area (Å²) in [6, 6.07) is 4.15. The molecule has 21 heavy (non-hydrogen) atoms. The van der Waals surface area contributed by atoms with E-state index in [1.165, 1.54) is 24.3 Å². The van der Waals surface area contributed by atoms with Gasteiger partial charge in [0.05, 0.1) is 23.0 Å². The van der Waals surface area contributed by atoms with E-state index in [4.69, 9.17) is 11.6 Å². The first-order chi connectivity index (χ1) is 9.93. The van der Waals surface area contributed by atoms with Gasteiger partial charge in [-0.2, -0.15) is 0 Å². The molecule has 1 amide bonds. The van der Waals surface area contributed by atoms with Crippen LogP contribution < -0.4 is 5.73 Å². The van der Waals surface area contributed by atoms with E-state index >= 15 is 0 Å². The summed E-state index contributed by atoms with van der Waals surface area (Å²) in [6.07, 6.45) is 1.40. The minimum Gasteiger partial charge on any atom is -0.738 e. The number of nitro benzene ring substituents is 1. The summed E-state index contributed by atoms with van der Waals surface area (Å²) in [4.78, 5) is 21.9. The molecule has 1 aliphatic heterocycles. The molecule has 0 saturated carbocycles. The van der Waals surface area contributed by atoms with Crippen LogP contribution in [0.2, 0.25) is 5.02 Å². The summed E-state index contributed by atoms with van der Waals surface area (Å²) >= 11 is 6.48. The van der Waals surface area contributed by atoms with Gasteiger partial charge in [0.1, 0.15) is 5.02 Å². The molecule has 2 rings (SSSR count). The van der Waals surface area contributed by atoms with Gasteiger partial charge in [0, 0.05) is 6.07 Å². The second-order valence-electron chi connectivity index (χ2n) is 4.07. The highest BCUT2D eigenvalue weighted by Crippen LogP contribution is 2.35. The summed E-state index contributed by atoms with van der Waals surface area (Å²) in [5.41, 5.74) is 3.75. The fourth-order valence-electron chi connectivity index (χ4n) is 1.69. The fourth-order valence-corrected chi connectivity index (χ4v) is 2.70. The quantitative estimate of drug-likeness (QED) is 0.662. The zero-order chi connectivity index (χ0) is 15.6. The summed E-state index contributed by atoms with van der Waals surface area (Å²) in [5.74, 6) is 0. The number of hydrogen-bond acceptors (Lipinski definition) is 6. The standard InChI is InChI=1S/C11H10ClN4O4S/c12-8-2-1-7(5-9(8)16(19)20)6-10-15(18)14(4-3-13)11(17)21-10/h1-2,5-6H,3-4,13H2/q-1/p+1/b10-6+. The smallest absolute Gasteiger partial charge is 0.305 e. The third-order valence-corrected chi connectivity index (χ3v) is 3.83. The van der Waals surface area contributed by atoms with E-state index in [2.05, 4.69) is 5.73 Å². The number of benzene rings is 1. The Bertz CT molecular complexity index is 624. The van der Waals surface area contributed by atoms with Crippen LogP contribution >= 0.6 is 23.4 Å². The SMILES string of the molecule is [NH3+]CCN1C(=O)S/C(=C/c2ccc(Cl)c([N+](=O)[O-])c2)N1[O-]. The first kappa shape index (κ1) is 15.6. The molecule has 3 N–H and O–H groups in total. The van der Waals surface area contributed by atoms with Crippen molar-refractivity contribution in [3.8, 4) is 0 Å². The van der Waals surface area contributed by atoms with Crippen LogP contribution in [0, 0.1) is 15.3 Å². The van der Waals surface area contributed by atoms with Gasteiger partial charge in [-0.1, -0.05) is 17.7 Å². The Morgan fingerprint density at radius 2 is 2.19 bits per heavy atom. The van der Waals surface area contributed by atoms with Crippen LogP contribution in [-0.2, 0) is 0 Å². The third-order valence-electron chi connectivity index (χ3n) is 2.64. The van der Waals surface area contributed by atoms with Crippen LogP contribution in [0.3, 0.4) is 0 Å². The van der Waals surface area contributed by atoms with Gasteiger partial charge in [0.25, 0.3) is 5.69 Å². The van der Waals surface area contributed by atoms with Crippen LogP contribution in [0.25, 0.3) is 6.08 Å². The molecule has 0 radical (unpaired) electrons. The molecule has 1 saturated heterocycles. The molecule has 8 nitrogen and oxygen atoms in total. The second kappa shape index (κ2) is 6.31. The van der Waals surface area contributed by atoms with E-state index in [0.29, 0.717) is 17.3 Å². The van der Waals surface area contributed by atoms with Crippen molar-refractivity contribution in [3.05, 3.63) is 49.1 Å². The van der Waals surface area contributed by atoms with Crippen LogP contribution in [0.4, 0.5) is 10.5 Å². The predicted octanol–water partition coefficient (Wildman–Crippen LogP) is 1.67. The van der Waals surface area contributed by atoms with E-state index in [0.717, 1.165) is 16.8 Å². The van der Waals surface area contributed by atoms with E-state index in [1.54, 1.807) is 0 Å². The van der Waals surface area contributed by atoms with Crippen molar-refractivity contribution >= 4 is 40.4 Å². The van der Waals surface area contributed by atoms with Gasteiger partial charge in [0.15, 0.2) is 0 Å². The summed E-state index contributed by atoms with van der Waals surface area (Å²) < 4.78 is 0. The van der Waals surface area contributed by atoms with Crippen molar-refractivity contribution in [3.63, 3.8) is 0 Å². The largest absolute Gasteiger partial charge is 0.738 e. The van der Waals surface area contributed by atoms with Gasteiger partial charge in [-0.15, -0.1) is 0 Å². The molecule has 10 heteroatoms. The lowest BCUT2D eigenvalue weighted by Gasteiger charge is -2.33. The van der Waals surface area contributed by atoms with E-state index in [9.17, 15) is 20.1 Å². The zero-order valence-electron chi connectivity index (χ0n) is 10.7. The number of halogens is 1. The minimum atomic E-state index is -0.610. The second-order valence-corrected chi connectivity index (χ2v) is 5.45. The van der Waals surface area contributed by atoms with Gasteiger partial charge in [0.2, 0.25) is 0 Å². The van der Waals surface area contributed by atoms with Gasteiger partial charge in [-0.25, -0.2) is 5.01 Å². The fraction of sp³-hybridized carbons (Fsp3) is 0.182. The topological polar surface area (TPSA) is 117 Å². The highest BCUT2D eigenvalue weighted by atomic mass is 35.5. The lowest BCUT2D eigenvalue weighted by Crippen LogP contribution is -2.56. The van der Waals surface area contributed by atoms with E-state index < -0.39 is 10.2 Å². The lowest BCUT2D eigenvalue weighted by molar-refractivity contribution is -0.384. The van der Waals surface area contributed by atoms with Crippen LogP contribution in [0.1, 0.15) is 5.56 Å². The van der Waals surface area contributed by atoms with Crippen LogP contribution in [-0.4, -0.2) is 33.4 Å². The summed E-state index contributed by atoms with van der Waals surface area (Å²) in [7, 11) is 0. The third kappa shape index (κ3) is 3.27. The number of hydrogen-bond donors (Lipinski definition) is 1. The Labute approximate surface area is 128 Å². The highest BCUT2D eigenvalue weighted by molar-refractivity contribution is 8.17. The molecule has 0 atom stereocenters. The molecule has 1 aromatic rings. The number of quaternary nitrogens is 1.